The number of ether oxygens (including phenoxy) is 1. The molecule has 116 valence electrons. The lowest BCUT2D eigenvalue weighted by atomic mass is 9.92. The molecule has 0 saturated carbocycles. The summed E-state index contributed by atoms with van der Waals surface area (Å²) in [6.45, 7) is 5.34. The largest absolute Gasteiger partial charge is 0.444 e. The van der Waals surface area contributed by atoms with E-state index in [0.717, 1.165) is 0 Å². The summed E-state index contributed by atoms with van der Waals surface area (Å²) in [4.78, 5) is 24.8. The molecule has 4 nitrogen and oxygen atoms in total. The number of piperidine rings is 1. The minimum Gasteiger partial charge on any atom is -0.444 e. The first kappa shape index (κ1) is 16.8. The Morgan fingerprint density at radius 1 is 1.35 bits per heavy atom. The molecule has 0 aliphatic carbocycles. The third kappa shape index (κ3) is 5.79. The smallest absolute Gasteiger partial charge is 0.410 e. The average molecular weight is 295 g/mol. The summed E-state index contributed by atoms with van der Waals surface area (Å²) in [5, 5.41) is 0. The zero-order chi connectivity index (χ0) is 15.6. The highest BCUT2D eigenvalue weighted by atomic mass is 19.4. The maximum Gasteiger partial charge on any atom is 0.410 e. The fourth-order valence-corrected chi connectivity index (χ4v) is 1.99. The Morgan fingerprint density at radius 3 is 2.45 bits per heavy atom. The summed E-state index contributed by atoms with van der Waals surface area (Å²) < 4.78 is 41.8. The zero-order valence-corrected chi connectivity index (χ0v) is 11.9. The topological polar surface area (TPSA) is 46.6 Å². The van der Waals surface area contributed by atoms with E-state index < -0.39 is 30.2 Å². The minimum atomic E-state index is -4.28. The summed E-state index contributed by atoms with van der Waals surface area (Å²) in [7, 11) is 0. The maximum absolute atomic E-state index is 12.2. The Bertz CT molecular complexity index is 374. The first-order valence-corrected chi connectivity index (χ1v) is 6.55. The standard InChI is InChI=1S/C13H20F3NO3/c1-12(2,3)20-11(19)17-7-5-10(18)9(8-17)4-6-13(14,15)16/h9H,4-8H2,1-3H3. The Morgan fingerprint density at radius 2 is 1.95 bits per heavy atom. The van der Waals surface area contributed by atoms with Crippen LogP contribution in [0.25, 0.3) is 0 Å². The number of rotatable bonds is 2. The van der Waals surface area contributed by atoms with Crippen LogP contribution in [0.5, 0.6) is 0 Å². The van der Waals surface area contributed by atoms with Gasteiger partial charge in [-0.1, -0.05) is 0 Å². The van der Waals surface area contributed by atoms with Crippen LogP contribution in [0.2, 0.25) is 0 Å². The molecule has 1 amide bonds. The van der Waals surface area contributed by atoms with E-state index in [9.17, 15) is 22.8 Å². The van der Waals surface area contributed by atoms with Crippen LogP contribution >= 0.6 is 0 Å². The fraction of sp³-hybridized carbons (Fsp3) is 0.846. The number of ketones is 1. The highest BCUT2D eigenvalue weighted by Gasteiger charge is 2.35. The number of amides is 1. The molecule has 1 saturated heterocycles. The third-order valence-electron chi connectivity index (χ3n) is 2.95. The number of carbonyl (C=O) groups is 2. The molecule has 0 aromatic rings. The number of hydrogen-bond acceptors (Lipinski definition) is 3. The van der Waals surface area contributed by atoms with Crippen molar-refractivity contribution in [2.24, 2.45) is 5.92 Å². The highest BCUT2D eigenvalue weighted by molar-refractivity contribution is 5.84. The van der Waals surface area contributed by atoms with Crippen molar-refractivity contribution >= 4 is 11.9 Å². The lowest BCUT2D eigenvalue weighted by Gasteiger charge is -2.33. The van der Waals surface area contributed by atoms with E-state index >= 15 is 0 Å². The number of alkyl halides is 3. The number of halogens is 3. The normalized spacial score (nSPS) is 21.0. The van der Waals surface area contributed by atoms with Gasteiger partial charge in [-0.2, -0.15) is 13.2 Å². The van der Waals surface area contributed by atoms with Crippen molar-refractivity contribution in [3.05, 3.63) is 0 Å². The van der Waals surface area contributed by atoms with Gasteiger partial charge in [0, 0.05) is 31.8 Å². The van der Waals surface area contributed by atoms with Crippen molar-refractivity contribution in [2.45, 2.75) is 51.8 Å². The number of carbonyl (C=O) groups excluding carboxylic acids is 2. The summed E-state index contributed by atoms with van der Waals surface area (Å²) in [6, 6.07) is 0. The molecule has 0 spiro atoms. The van der Waals surface area contributed by atoms with Crippen LogP contribution in [0.4, 0.5) is 18.0 Å². The summed E-state index contributed by atoms with van der Waals surface area (Å²) in [5.41, 5.74) is -0.667. The van der Waals surface area contributed by atoms with Gasteiger partial charge >= 0.3 is 12.3 Å². The van der Waals surface area contributed by atoms with E-state index in [0.29, 0.717) is 0 Å². The van der Waals surface area contributed by atoms with Crippen LogP contribution in [0.1, 0.15) is 40.0 Å². The van der Waals surface area contributed by atoms with E-state index in [1.165, 1.54) is 4.90 Å². The molecule has 1 atom stereocenters. The van der Waals surface area contributed by atoms with Crippen molar-refractivity contribution in [1.29, 1.82) is 0 Å². The summed E-state index contributed by atoms with van der Waals surface area (Å²) in [6.07, 6.45) is -6.06. The van der Waals surface area contributed by atoms with Crippen LogP contribution in [-0.4, -0.2) is 41.6 Å². The lowest BCUT2D eigenvalue weighted by molar-refractivity contribution is -0.142. The summed E-state index contributed by atoms with van der Waals surface area (Å²) >= 11 is 0. The predicted molar refractivity (Wildman–Crippen MR) is 66.2 cm³/mol. The van der Waals surface area contributed by atoms with Gasteiger partial charge in [-0.15, -0.1) is 0 Å². The van der Waals surface area contributed by atoms with Gasteiger partial charge in [0.1, 0.15) is 11.4 Å². The van der Waals surface area contributed by atoms with Crippen molar-refractivity contribution in [2.75, 3.05) is 13.1 Å². The Labute approximate surface area is 116 Å². The first-order chi connectivity index (χ1) is 8.98. The second-order valence-electron chi connectivity index (χ2n) is 5.99. The summed E-state index contributed by atoms with van der Waals surface area (Å²) in [5.74, 6) is -0.966. The third-order valence-corrected chi connectivity index (χ3v) is 2.95. The van der Waals surface area contributed by atoms with Crippen LogP contribution in [0.3, 0.4) is 0 Å². The molecule has 1 fully saturated rings. The molecule has 1 aliphatic rings. The van der Waals surface area contributed by atoms with Crippen molar-refractivity contribution < 1.29 is 27.5 Å². The molecule has 20 heavy (non-hydrogen) atoms. The zero-order valence-electron chi connectivity index (χ0n) is 11.9. The van der Waals surface area contributed by atoms with E-state index in [-0.39, 0.29) is 31.7 Å². The van der Waals surface area contributed by atoms with E-state index in [2.05, 4.69) is 0 Å². The van der Waals surface area contributed by atoms with E-state index in [1.54, 1.807) is 20.8 Å². The van der Waals surface area contributed by atoms with E-state index in [4.69, 9.17) is 4.74 Å². The van der Waals surface area contributed by atoms with Crippen LogP contribution in [0.15, 0.2) is 0 Å². The predicted octanol–water partition coefficient (Wildman–Crippen LogP) is 3.16. The van der Waals surface area contributed by atoms with Crippen LogP contribution < -0.4 is 0 Å². The monoisotopic (exact) mass is 295 g/mol. The molecule has 7 heteroatoms. The van der Waals surface area contributed by atoms with Gasteiger partial charge in [0.2, 0.25) is 0 Å². The van der Waals surface area contributed by atoms with Gasteiger partial charge < -0.3 is 9.64 Å². The second-order valence-corrected chi connectivity index (χ2v) is 5.99. The van der Waals surface area contributed by atoms with Crippen molar-refractivity contribution in [1.82, 2.24) is 4.90 Å². The molecule has 0 aromatic heterocycles. The number of likely N-dealkylation sites (tertiary alicyclic amines) is 1. The van der Waals surface area contributed by atoms with Crippen LogP contribution in [-0.2, 0) is 9.53 Å². The molecule has 0 aromatic carbocycles. The van der Waals surface area contributed by atoms with Gasteiger partial charge in [-0.05, 0) is 27.2 Å². The molecule has 0 radical (unpaired) electrons. The molecule has 0 bridgehead atoms. The molecule has 1 heterocycles. The highest BCUT2D eigenvalue weighted by Crippen LogP contribution is 2.27. The number of nitrogens with zero attached hydrogens (tertiary/aromatic N) is 1. The van der Waals surface area contributed by atoms with Crippen LogP contribution in [0, 0.1) is 5.92 Å². The fourth-order valence-electron chi connectivity index (χ4n) is 1.99. The molecule has 1 aliphatic heterocycles. The molecular formula is C13H20F3NO3. The SMILES string of the molecule is CC(C)(C)OC(=O)N1CCC(=O)C(CCC(F)(F)F)C1. The first-order valence-electron chi connectivity index (χ1n) is 6.55. The minimum absolute atomic E-state index is 0.00380. The van der Waals surface area contributed by atoms with Crippen molar-refractivity contribution in [3.8, 4) is 0 Å². The Balaban J connectivity index is 2.57. The second kappa shape index (κ2) is 6.01. The van der Waals surface area contributed by atoms with Gasteiger partial charge in [0.05, 0.1) is 0 Å². The molecule has 1 rings (SSSR count). The Hall–Kier alpha value is -1.27. The van der Waals surface area contributed by atoms with Gasteiger partial charge in [0.25, 0.3) is 0 Å². The van der Waals surface area contributed by atoms with Gasteiger partial charge in [0.15, 0.2) is 0 Å². The van der Waals surface area contributed by atoms with Gasteiger partial charge in [-0.25, -0.2) is 4.79 Å². The lowest BCUT2D eigenvalue weighted by Crippen LogP contribution is -2.46. The van der Waals surface area contributed by atoms with Gasteiger partial charge in [-0.3, -0.25) is 4.79 Å². The molecule has 1 unspecified atom stereocenters. The molecule has 0 N–H and O–H groups in total. The average Bonchev–Trinajstić information content (AvgIpc) is 2.24. The maximum atomic E-state index is 12.2. The van der Waals surface area contributed by atoms with Crippen molar-refractivity contribution in [3.63, 3.8) is 0 Å². The number of hydrogen-bond donors (Lipinski definition) is 0. The molecular weight excluding hydrogens is 275 g/mol. The quantitative estimate of drug-likeness (QED) is 0.786. The van der Waals surface area contributed by atoms with E-state index in [1.807, 2.05) is 0 Å². The number of Topliss-reactive ketones (excluding diaryl/α,β-unsaturated/α-hetero) is 1. The Kier molecular flexibility index (Phi) is 5.05.